The normalized spacial score (nSPS) is 13.5. The molecule has 0 aliphatic carbocycles. The van der Waals surface area contributed by atoms with Crippen LogP contribution in [0.1, 0.15) is 22.8 Å². The van der Waals surface area contributed by atoms with Crippen LogP contribution in [0, 0.1) is 0 Å². The van der Waals surface area contributed by atoms with Gasteiger partial charge in [-0.3, -0.25) is 24.1 Å². The Kier molecular flexibility index (Phi) is 11.5. The monoisotopic (exact) mass is 735 g/mol. The summed E-state index contributed by atoms with van der Waals surface area (Å²) in [7, 11) is 1.42. The number of anilines is 2. The molecule has 0 unspecified atom stereocenters. The summed E-state index contributed by atoms with van der Waals surface area (Å²) in [5.41, 5.74) is 1.31. The summed E-state index contributed by atoms with van der Waals surface area (Å²) in [6.07, 6.45) is 1.48. The molecule has 1 fully saturated rings. The fourth-order valence-electron chi connectivity index (χ4n) is 3.91. The predicted octanol–water partition coefficient (Wildman–Crippen LogP) is 6.63. The number of nitrogens with zero attached hydrogens (tertiary/aromatic N) is 1. The fraction of sp³-hybridized carbons (Fsp3) is 0.167. The quantitative estimate of drug-likeness (QED) is 0.164. The highest BCUT2D eigenvalue weighted by molar-refractivity contribution is 9.10. The maximum Gasteiger partial charge on any atom is 0.339 e. The molecule has 1 aliphatic rings. The van der Waals surface area contributed by atoms with Gasteiger partial charge in [-0.15, -0.1) is 0 Å². The van der Waals surface area contributed by atoms with E-state index in [-0.39, 0.29) is 45.9 Å². The number of benzene rings is 3. The van der Waals surface area contributed by atoms with Crippen molar-refractivity contribution in [1.82, 2.24) is 4.90 Å². The molecule has 0 bridgehead atoms. The molecule has 0 aromatic heterocycles. The number of amides is 4. The SMILES string of the molecule is CCOC(=O)c1cc(NC(=O)CN2C(=O)S/C(=C/c3ccc(OCC(=O)Nc4ccc(Br)c(Cl)c4)c(OC)c3)C2=O)ccc1Cl. The minimum atomic E-state index is -0.661. The highest BCUT2D eigenvalue weighted by atomic mass is 79.9. The van der Waals surface area contributed by atoms with Crippen LogP contribution in [-0.2, 0) is 19.1 Å². The Hall–Kier alpha value is -4.04. The van der Waals surface area contributed by atoms with E-state index in [4.69, 9.17) is 37.4 Å². The molecule has 4 amide bonds. The summed E-state index contributed by atoms with van der Waals surface area (Å²) in [5.74, 6) is -1.84. The first kappa shape index (κ1) is 33.8. The maximum absolute atomic E-state index is 13.0. The lowest BCUT2D eigenvalue weighted by molar-refractivity contribution is -0.127. The van der Waals surface area contributed by atoms with Gasteiger partial charge < -0.3 is 24.8 Å². The van der Waals surface area contributed by atoms with Crippen molar-refractivity contribution < 1.29 is 38.2 Å². The zero-order valence-electron chi connectivity index (χ0n) is 23.7. The number of imide groups is 1. The van der Waals surface area contributed by atoms with Gasteiger partial charge in [0, 0.05) is 15.8 Å². The number of nitrogens with one attached hydrogen (secondary N) is 2. The number of rotatable bonds is 11. The van der Waals surface area contributed by atoms with E-state index in [0.29, 0.717) is 32.5 Å². The molecule has 15 heteroatoms. The van der Waals surface area contributed by atoms with Crippen LogP contribution in [0.4, 0.5) is 16.2 Å². The minimum absolute atomic E-state index is 0.0617. The topological polar surface area (TPSA) is 140 Å². The number of thioether (sulfide) groups is 1. The number of hydrogen-bond acceptors (Lipinski definition) is 9. The van der Waals surface area contributed by atoms with E-state index >= 15 is 0 Å². The van der Waals surface area contributed by atoms with E-state index in [0.717, 1.165) is 4.90 Å². The summed E-state index contributed by atoms with van der Waals surface area (Å²) >= 11 is 16.1. The number of methoxy groups -OCH3 is 1. The van der Waals surface area contributed by atoms with Crippen molar-refractivity contribution >= 4 is 97.3 Å². The van der Waals surface area contributed by atoms with Crippen LogP contribution in [0.3, 0.4) is 0 Å². The Bertz CT molecular complexity index is 1720. The van der Waals surface area contributed by atoms with Crippen molar-refractivity contribution in [3.05, 3.63) is 85.1 Å². The Labute approximate surface area is 280 Å². The van der Waals surface area contributed by atoms with Crippen LogP contribution in [0.25, 0.3) is 6.08 Å². The molecule has 2 N–H and O–H groups in total. The summed E-state index contributed by atoms with van der Waals surface area (Å²) in [4.78, 5) is 63.6. The third-order valence-corrected chi connectivity index (χ3v) is 8.44. The summed E-state index contributed by atoms with van der Waals surface area (Å²) in [6, 6.07) is 14.0. The lowest BCUT2D eigenvalue weighted by Gasteiger charge is -2.13. The number of halogens is 3. The Morgan fingerprint density at radius 3 is 2.36 bits per heavy atom. The third-order valence-electron chi connectivity index (χ3n) is 5.97. The van der Waals surface area contributed by atoms with Gasteiger partial charge in [-0.1, -0.05) is 29.3 Å². The molecule has 11 nitrogen and oxygen atoms in total. The van der Waals surface area contributed by atoms with Crippen molar-refractivity contribution in [2.45, 2.75) is 6.92 Å². The highest BCUT2D eigenvalue weighted by Crippen LogP contribution is 2.35. The molecule has 0 atom stereocenters. The number of ether oxygens (including phenoxy) is 3. The lowest BCUT2D eigenvalue weighted by atomic mass is 10.2. The lowest BCUT2D eigenvalue weighted by Crippen LogP contribution is -2.36. The number of carbonyl (C=O) groups excluding carboxylic acids is 5. The first-order valence-electron chi connectivity index (χ1n) is 13.1. The summed E-state index contributed by atoms with van der Waals surface area (Å²) in [5, 5.41) is 5.19. The van der Waals surface area contributed by atoms with Gasteiger partial charge in [-0.2, -0.15) is 0 Å². The smallest absolute Gasteiger partial charge is 0.339 e. The first-order chi connectivity index (χ1) is 21.5. The van der Waals surface area contributed by atoms with Crippen molar-refractivity contribution in [3.8, 4) is 11.5 Å². The molecule has 45 heavy (non-hydrogen) atoms. The maximum atomic E-state index is 13.0. The third kappa shape index (κ3) is 8.78. The largest absolute Gasteiger partial charge is 0.493 e. The average molecular weight is 737 g/mol. The van der Waals surface area contributed by atoms with Gasteiger partial charge >= 0.3 is 5.97 Å². The summed E-state index contributed by atoms with van der Waals surface area (Å²) in [6.45, 7) is 0.927. The second kappa shape index (κ2) is 15.3. The van der Waals surface area contributed by atoms with Crippen LogP contribution < -0.4 is 20.1 Å². The zero-order chi connectivity index (χ0) is 32.7. The molecule has 234 valence electrons. The minimum Gasteiger partial charge on any atom is -0.493 e. The first-order valence-corrected chi connectivity index (χ1v) is 15.4. The second-order valence-electron chi connectivity index (χ2n) is 9.11. The fourth-order valence-corrected chi connectivity index (χ4v) is 5.37. The van der Waals surface area contributed by atoms with E-state index in [2.05, 4.69) is 26.6 Å². The standard InChI is InChI=1S/C30H24BrCl2N3O8S/c1-3-43-29(40)19-12-17(6-8-21(19)32)34-26(37)14-36-28(39)25(45-30(36)41)11-16-4-9-23(24(10-16)42-2)44-15-27(38)35-18-5-7-20(31)22(33)13-18/h4-13H,3,14-15H2,1-2H3,(H,34,37)(H,35,38)/b25-11+. The zero-order valence-corrected chi connectivity index (χ0v) is 27.6. The van der Waals surface area contributed by atoms with Crippen molar-refractivity contribution in [1.29, 1.82) is 0 Å². The Morgan fingerprint density at radius 1 is 0.933 bits per heavy atom. The van der Waals surface area contributed by atoms with Crippen molar-refractivity contribution in [2.24, 2.45) is 0 Å². The van der Waals surface area contributed by atoms with Gasteiger partial charge in [-0.05, 0) is 94.8 Å². The molecule has 0 saturated carbocycles. The molecule has 0 radical (unpaired) electrons. The molecule has 0 spiro atoms. The van der Waals surface area contributed by atoms with Crippen molar-refractivity contribution in [2.75, 3.05) is 37.5 Å². The van der Waals surface area contributed by atoms with Crippen molar-refractivity contribution in [3.63, 3.8) is 0 Å². The van der Waals surface area contributed by atoms with Crippen LogP contribution >= 0.6 is 50.9 Å². The molecular weight excluding hydrogens is 713 g/mol. The Morgan fingerprint density at radius 2 is 1.64 bits per heavy atom. The van der Waals surface area contributed by atoms with E-state index in [1.54, 1.807) is 43.3 Å². The van der Waals surface area contributed by atoms with Gasteiger partial charge in [0.1, 0.15) is 6.54 Å². The second-order valence-corrected chi connectivity index (χ2v) is 11.8. The highest BCUT2D eigenvalue weighted by Gasteiger charge is 2.36. The number of hydrogen-bond donors (Lipinski definition) is 2. The van der Waals surface area contributed by atoms with Crippen LogP contribution in [0.5, 0.6) is 11.5 Å². The number of carbonyl (C=O) groups is 5. The van der Waals surface area contributed by atoms with Gasteiger partial charge in [0.25, 0.3) is 17.1 Å². The van der Waals surface area contributed by atoms with Gasteiger partial charge in [0.15, 0.2) is 18.1 Å². The van der Waals surface area contributed by atoms with Gasteiger partial charge in [0.05, 0.1) is 34.2 Å². The summed E-state index contributed by atoms with van der Waals surface area (Å²) < 4.78 is 16.6. The molecule has 1 heterocycles. The Balaban J connectivity index is 1.38. The van der Waals surface area contributed by atoms with Crippen LogP contribution in [-0.4, -0.2) is 60.7 Å². The van der Waals surface area contributed by atoms with E-state index in [1.165, 1.54) is 31.4 Å². The number of esters is 1. The molecule has 1 saturated heterocycles. The van der Waals surface area contributed by atoms with Gasteiger partial charge in [0.2, 0.25) is 5.91 Å². The molecule has 1 aliphatic heterocycles. The molecule has 4 rings (SSSR count). The van der Waals surface area contributed by atoms with Crippen LogP contribution in [0.2, 0.25) is 10.0 Å². The predicted molar refractivity (Wildman–Crippen MR) is 175 cm³/mol. The molecule has 3 aromatic carbocycles. The van der Waals surface area contributed by atoms with E-state index < -0.39 is 35.5 Å². The molecule has 3 aromatic rings. The van der Waals surface area contributed by atoms with Gasteiger partial charge in [-0.25, -0.2) is 4.79 Å². The molecular formula is C30H24BrCl2N3O8S. The van der Waals surface area contributed by atoms with E-state index in [1.807, 2.05) is 0 Å². The van der Waals surface area contributed by atoms with E-state index in [9.17, 15) is 24.0 Å². The van der Waals surface area contributed by atoms with Crippen LogP contribution in [0.15, 0.2) is 64.0 Å². The average Bonchev–Trinajstić information content (AvgIpc) is 3.26.